The molecule has 1 aliphatic rings. The molecule has 0 radical (unpaired) electrons. The zero-order valence-electron chi connectivity index (χ0n) is 13.3. The van der Waals surface area contributed by atoms with Gasteiger partial charge in [-0.3, -0.25) is 9.89 Å². The summed E-state index contributed by atoms with van der Waals surface area (Å²) in [4.78, 5) is 12.5. The van der Waals surface area contributed by atoms with Crippen LogP contribution in [-0.2, 0) is 17.9 Å². The summed E-state index contributed by atoms with van der Waals surface area (Å²) < 4.78 is 5.03. The number of amides is 1. The SMILES string of the molecule is COCc1cc(CNC(=O)c2ccccc2[C@@H]2CCNC2)[nH]n1. The molecule has 3 rings (SSSR count). The lowest BCUT2D eigenvalue weighted by atomic mass is 9.93. The third-order valence-electron chi connectivity index (χ3n) is 4.12. The van der Waals surface area contributed by atoms with Gasteiger partial charge in [0.15, 0.2) is 0 Å². The van der Waals surface area contributed by atoms with E-state index in [4.69, 9.17) is 4.74 Å². The Hall–Kier alpha value is -2.18. The Morgan fingerprint density at radius 3 is 3.09 bits per heavy atom. The first kappa shape index (κ1) is 15.7. The predicted molar refractivity (Wildman–Crippen MR) is 87.1 cm³/mol. The van der Waals surface area contributed by atoms with E-state index in [1.165, 1.54) is 0 Å². The van der Waals surface area contributed by atoms with Gasteiger partial charge in [-0.25, -0.2) is 0 Å². The van der Waals surface area contributed by atoms with Crippen molar-refractivity contribution in [1.29, 1.82) is 0 Å². The van der Waals surface area contributed by atoms with Crippen LogP contribution in [0.2, 0.25) is 0 Å². The first-order valence-corrected chi connectivity index (χ1v) is 7.88. The molecule has 1 atom stereocenters. The van der Waals surface area contributed by atoms with Crippen LogP contribution in [-0.4, -0.2) is 36.3 Å². The van der Waals surface area contributed by atoms with Crippen LogP contribution < -0.4 is 10.6 Å². The number of nitrogens with one attached hydrogen (secondary N) is 3. The molecular formula is C17H22N4O2. The fraction of sp³-hybridized carbons (Fsp3) is 0.412. The second-order valence-electron chi connectivity index (χ2n) is 5.78. The maximum absolute atomic E-state index is 12.5. The third-order valence-corrected chi connectivity index (χ3v) is 4.12. The van der Waals surface area contributed by atoms with Crippen LogP contribution in [0.1, 0.15) is 39.6 Å². The van der Waals surface area contributed by atoms with E-state index in [9.17, 15) is 4.79 Å². The lowest BCUT2D eigenvalue weighted by Crippen LogP contribution is -2.25. The van der Waals surface area contributed by atoms with Gasteiger partial charge in [0.2, 0.25) is 0 Å². The van der Waals surface area contributed by atoms with E-state index in [2.05, 4.69) is 26.9 Å². The largest absolute Gasteiger partial charge is 0.378 e. The summed E-state index contributed by atoms with van der Waals surface area (Å²) in [7, 11) is 1.63. The minimum absolute atomic E-state index is 0.0459. The standard InChI is InChI=1S/C17H22N4O2/c1-23-11-14-8-13(20-21-14)10-19-17(22)16-5-3-2-4-15(16)12-6-7-18-9-12/h2-5,8,12,18H,6-7,9-11H2,1H3,(H,19,22)(H,20,21)/t12-/m1/s1. The summed E-state index contributed by atoms with van der Waals surface area (Å²) in [5.74, 6) is 0.368. The maximum atomic E-state index is 12.5. The van der Waals surface area contributed by atoms with E-state index >= 15 is 0 Å². The third kappa shape index (κ3) is 3.78. The van der Waals surface area contributed by atoms with Crippen molar-refractivity contribution in [2.45, 2.75) is 25.5 Å². The number of aromatic nitrogens is 2. The molecule has 0 unspecified atom stereocenters. The van der Waals surface area contributed by atoms with Gasteiger partial charge in [-0.1, -0.05) is 18.2 Å². The summed E-state index contributed by atoms with van der Waals surface area (Å²) in [6.07, 6.45) is 1.07. The number of carbonyl (C=O) groups is 1. The number of H-pyrrole nitrogens is 1. The van der Waals surface area contributed by atoms with E-state index in [-0.39, 0.29) is 5.91 Å². The monoisotopic (exact) mass is 314 g/mol. The van der Waals surface area contributed by atoms with Crippen molar-refractivity contribution in [3.05, 3.63) is 52.8 Å². The van der Waals surface area contributed by atoms with Gasteiger partial charge in [0.1, 0.15) is 0 Å². The van der Waals surface area contributed by atoms with Gasteiger partial charge in [-0.15, -0.1) is 0 Å². The summed E-state index contributed by atoms with van der Waals surface area (Å²) in [6, 6.07) is 9.76. The van der Waals surface area contributed by atoms with Gasteiger partial charge in [0.05, 0.1) is 24.5 Å². The van der Waals surface area contributed by atoms with Gasteiger partial charge in [-0.05, 0) is 36.6 Å². The van der Waals surface area contributed by atoms with Crippen molar-refractivity contribution in [3.63, 3.8) is 0 Å². The topological polar surface area (TPSA) is 79.0 Å². The molecule has 0 aliphatic carbocycles. The van der Waals surface area contributed by atoms with Crippen molar-refractivity contribution >= 4 is 5.91 Å². The van der Waals surface area contributed by atoms with Gasteiger partial charge in [0, 0.05) is 19.2 Å². The van der Waals surface area contributed by atoms with E-state index < -0.39 is 0 Å². The summed E-state index contributed by atoms with van der Waals surface area (Å²) >= 11 is 0. The first-order chi connectivity index (χ1) is 11.3. The molecule has 6 nitrogen and oxygen atoms in total. The van der Waals surface area contributed by atoms with Gasteiger partial charge in [-0.2, -0.15) is 5.10 Å². The highest BCUT2D eigenvalue weighted by Gasteiger charge is 2.21. The Kier molecular flexibility index (Phi) is 5.05. The van der Waals surface area contributed by atoms with Crippen LogP contribution >= 0.6 is 0 Å². The van der Waals surface area contributed by atoms with Crippen LogP contribution in [0.15, 0.2) is 30.3 Å². The second kappa shape index (κ2) is 7.39. The summed E-state index contributed by atoms with van der Waals surface area (Å²) in [6.45, 7) is 2.83. The number of hydrogen-bond acceptors (Lipinski definition) is 4. The zero-order valence-corrected chi connectivity index (χ0v) is 13.3. The molecule has 6 heteroatoms. The molecule has 3 N–H and O–H groups in total. The minimum atomic E-state index is -0.0459. The van der Waals surface area contributed by atoms with Gasteiger partial charge >= 0.3 is 0 Å². The molecule has 1 fully saturated rings. The molecule has 1 aliphatic heterocycles. The first-order valence-electron chi connectivity index (χ1n) is 7.88. The van der Waals surface area contributed by atoms with Crippen LogP contribution in [0.4, 0.5) is 0 Å². The molecule has 1 aromatic carbocycles. The highest BCUT2D eigenvalue weighted by Crippen LogP contribution is 2.25. The average Bonchev–Trinajstić information content (AvgIpc) is 3.25. The van der Waals surface area contributed by atoms with Crippen LogP contribution in [0.25, 0.3) is 0 Å². The van der Waals surface area contributed by atoms with Crippen molar-refractivity contribution in [3.8, 4) is 0 Å². The number of rotatable bonds is 6. The molecule has 0 bridgehead atoms. The number of methoxy groups -OCH3 is 1. The molecule has 1 saturated heterocycles. The van der Waals surface area contributed by atoms with E-state index in [1.807, 2.05) is 24.3 Å². The molecular weight excluding hydrogens is 292 g/mol. The van der Waals surface area contributed by atoms with Crippen molar-refractivity contribution in [1.82, 2.24) is 20.8 Å². The number of benzene rings is 1. The fourth-order valence-corrected chi connectivity index (χ4v) is 2.97. The summed E-state index contributed by atoms with van der Waals surface area (Å²) in [5, 5.41) is 13.4. The second-order valence-corrected chi connectivity index (χ2v) is 5.78. The Labute approximate surface area is 135 Å². The number of aromatic amines is 1. The molecule has 0 saturated carbocycles. The van der Waals surface area contributed by atoms with E-state index in [0.29, 0.717) is 19.1 Å². The van der Waals surface area contributed by atoms with Gasteiger partial charge < -0.3 is 15.4 Å². The average molecular weight is 314 g/mol. The summed E-state index contributed by atoms with van der Waals surface area (Å²) in [5.41, 5.74) is 3.58. The van der Waals surface area contributed by atoms with Crippen molar-refractivity contribution in [2.24, 2.45) is 0 Å². The van der Waals surface area contributed by atoms with Crippen molar-refractivity contribution in [2.75, 3.05) is 20.2 Å². The predicted octanol–water partition coefficient (Wildman–Crippen LogP) is 1.56. The van der Waals surface area contributed by atoms with E-state index in [1.54, 1.807) is 7.11 Å². The van der Waals surface area contributed by atoms with Crippen LogP contribution in [0.3, 0.4) is 0 Å². The molecule has 1 aromatic heterocycles. The smallest absolute Gasteiger partial charge is 0.251 e. The Morgan fingerprint density at radius 1 is 1.43 bits per heavy atom. The number of hydrogen-bond donors (Lipinski definition) is 3. The highest BCUT2D eigenvalue weighted by atomic mass is 16.5. The van der Waals surface area contributed by atoms with Crippen LogP contribution in [0.5, 0.6) is 0 Å². The lowest BCUT2D eigenvalue weighted by molar-refractivity contribution is 0.0949. The number of ether oxygens (including phenoxy) is 1. The zero-order chi connectivity index (χ0) is 16.1. The molecule has 0 spiro atoms. The number of carbonyl (C=O) groups excluding carboxylic acids is 1. The Morgan fingerprint density at radius 2 is 2.30 bits per heavy atom. The molecule has 2 heterocycles. The molecule has 2 aromatic rings. The van der Waals surface area contributed by atoms with E-state index in [0.717, 1.165) is 42.0 Å². The quantitative estimate of drug-likeness (QED) is 0.756. The van der Waals surface area contributed by atoms with Crippen molar-refractivity contribution < 1.29 is 9.53 Å². The minimum Gasteiger partial charge on any atom is -0.378 e. The lowest BCUT2D eigenvalue weighted by Gasteiger charge is -2.14. The molecule has 23 heavy (non-hydrogen) atoms. The fourth-order valence-electron chi connectivity index (χ4n) is 2.97. The number of nitrogens with zero attached hydrogens (tertiary/aromatic N) is 1. The Bertz CT molecular complexity index is 662. The highest BCUT2D eigenvalue weighted by molar-refractivity contribution is 5.95. The van der Waals surface area contributed by atoms with Gasteiger partial charge in [0.25, 0.3) is 5.91 Å². The maximum Gasteiger partial charge on any atom is 0.251 e. The van der Waals surface area contributed by atoms with Crippen LogP contribution in [0, 0.1) is 0 Å². The normalized spacial score (nSPS) is 17.3. The molecule has 122 valence electrons. The molecule has 1 amide bonds. The Balaban J connectivity index is 1.65.